The molecule has 0 fully saturated rings. The molecule has 0 spiro atoms. The van der Waals surface area contributed by atoms with E-state index in [1.54, 1.807) is 33.0 Å². The predicted molar refractivity (Wildman–Crippen MR) is 66.9 cm³/mol. The maximum Gasteiger partial charge on any atom is 0.341 e. The number of anilines is 1. The van der Waals surface area contributed by atoms with Crippen molar-refractivity contribution in [2.75, 3.05) is 25.5 Å². The van der Waals surface area contributed by atoms with Gasteiger partial charge in [-0.2, -0.15) is 5.10 Å². The fraction of sp³-hybridized carbons (Fsp3) is 0.545. The average molecular weight is 254 g/mol. The quantitative estimate of drug-likeness (QED) is 0.772. The molecule has 0 atom stereocenters. The van der Waals surface area contributed by atoms with Gasteiger partial charge in [0.05, 0.1) is 5.69 Å². The fourth-order valence-electron chi connectivity index (χ4n) is 1.83. The van der Waals surface area contributed by atoms with Crippen molar-refractivity contribution in [1.82, 2.24) is 15.1 Å². The monoisotopic (exact) mass is 254 g/mol. The van der Waals surface area contributed by atoms with Gasteiger partial charge in [-0.25, -0.2) is 4.79 Å². The largest absolute Gasteiger partial charge is 0.477 e. The summed E-state index contributed by atoms with van der Waals surface area (Å²) >= 11 is 0. The van der Waals surface area contributed by atoms with Crippen LogP contribution in [0.25, 0.3) is 0 Å². The number of aryl methyl sites for hydroxylation is 2. The molecule has 1 amide bonds. The summed E-state index contributed by atoms with van der Waals surface area (Å²) in [7, 11) is 5.00. The van der Waals surface area contributed by atoms with Crippen molar-refractivity contribution in [2.45, 2.75) is 13.3 Å². The number of aromatic nitrogens is 2. The summed E-state index contributed by atoms with van der Waals surface area (Å²) in [6.45, 7) is 2.08. The van der Waals surface area contributed by atoms with Crippen LogP contribution < -0.4 is 10.2 Å². The Morgan fingerprint density at radius 2 is 2.11 bits per heavy atom. The zero-order valence-corrected chi connectivity index (χ0v) is 11.0. The Balaban J connectivity index is 2.94. The van der Waals surface area contributed by atoms with E-state index in [9.17, 15) is 14.7 Å². The minimum Gasteiger partial charge on any atom is -0.477 e. The first-order chi connectivity index (χ1) is 8.38. The van der Waals surface area contributed by atoms with Gasteiger partial charge in [0.15, 0.2) is 0 Å². The molecule has 1 rings (SSSR count). The molecule has 1 aromatic rings. The second kappa shape index (κ2) is 5.52. The Morgan fingerprint density at radius 3 is 2.61 bits per heavy atom. The van der Waals surface area contributed by atoms with Gasteiger partial charge in [-0.15, -0.1) is 0 Å². The number of hydrogen-bond acceptors (Lipinski definition) is 4. The number of carboxylic acids is 1. The molecule has 0 radical (unpaired) electrons. The topological polar surface area (TPSA) is 87.5 Å². The van der Waals surface area contributed by atoms with Gasteiger partial charge in [0, 0.05) is 34.1 Å². The van der Waals surface area contributed by atoms with Crippen molar-refractivity contribution in [2.24, 2.45) is 7.05 Å². The van der Waals surface area contributed by atoms with Crippen molar-refractivity contribution < 1.29 is 14.7 Å². The van der Waals surface area contributed by atoms with Crippen LogP contribution >= 0.6 is 0 Å². The molecule has 0 aliphatic rings. The highest BCUT2D eigenvalue weighted by Crippen LogP contribution is 2.22. The molecule has 0 aromatic carbocycles. The van der Waals surface area contributed by atoms with Crippen molar-refractivity contribution in [1.29, 1.82) is 0 Å². The van der Waals surface area contributed by atoms with Crippen LogP contribution in [0.15, 0.2) is 0 Å². The number of nitrogens with zero attached hydrogens (tertiary/aromatic N) is 3. The first-order valence-corrected chi connectivity index (χ1v) is 5.57. The molecule has 0 bridgehead atoms. The van der Waals surface area contributed by atoms with E-state index in [4.69, 9.17) is 0 Å². The van der Waals surface area contributed by atoms with E-state index >= 15 is 0 Å². The van der Waals surface area contributed by atoms with Gasteiger partial charge in [0.25, 0.3) is 0 Å². The third-order valence-electron chi connectivity index (χ3n) is 2.72. The number of carbonyl (C=O) groups excluding carboxylic acids is 1. The third kappa shape index (κ3) is 2.79. The summed E-state index contributed by atoms with van der Waals surface area (Å²) < 4.78 is 1.52. The van der Waals surface area contributed by atoms with Crippen molar-refractivity contribution in [3.63, 3.8) is 0 Å². The summed E-state index contributed by atoms with van der Waals surface area (Å²) in [5.41, 5.74) is 0.642. The van der Waals surface area contributed by atoms with Crippen LogP contribution in [0, 0.1) is 6.92 Å². The number of nitrogens with one attached hydrogen (secondary N) is 1. The average Bonchev–Trinajstić information content (AvgIpc) is 2.60. The van der Waals surface area contributed by atoms with E-state index in [0.717, 1.165) is 0 Å². The minimum absolute atomic E-state index is 0.0855. The lowest BCUT2D eigenvalue weighted by Gasteiger charge is -2.19. The molecule has 18 heavy (non-hydrogen) atoms. The molecular formula is C11H18N4O3. The number of carbonyl (C=O) groups is 2. The molecule has 1 aromatic heterocycles. The zero-order chi connectivity index (χ0) is 13.9. The molecular weight excluding hydrogens is 236 g/mol. The van der Waals surface area contributed by atoms with Crippen LogP contribution in [0.3, 0.4) is 0 Å². The van der Waals surface area contributed by atoms with E-state index < -0.39 is 5.97 Å². The Morgan fingerprint density at radius 1 is 1.50 bits per heavy atom. The molecule has 1 heterocycles. The Hall–Kier alpha value is -2.05. The lowest BCUT2D eigenvalue weighted by atomic mass is 10.2. The summed E-state index contributed by atoms with van der Waals surface area (Å²) in [6.07, 6.45) is 0.302. The Labute approximate surface area is 105 Å². The maximum atomic E-state index is 11.2. The van der Waals surface area contributed by atoms with Crippen LogP contribution in [-0.4, -0.2) is 47.4 Å². The first kappa shape index (κ1) is 14.0. The summed E-state index contributed by atoms with van der Waals surface area (Å²) in [5.74, 6) is -0.594. The first-order valence-electron chi connectivity index (χ1n) is 5.57. The molecule has 7 heteroatoms. The minimum atomic E-state index is -1.01. The van der Waals surface area contributed by atoms with Crippen LogP contribution in [0.1, 0.15) is 22.5 Å². The molecule has 2 N–H and O–H groups in total. The lowest BCUT2D eigenvalue weighted by Crippen LogP contribution is -2.28. The highest BCUT2D eigenvalue weighted by atomic mass is 16.4. The molecule has 0 aliphatic heterocycles. The van der Waals surface area contributed by atoms with Gasteiger partial charge in [-0.1, -0.05) is 0 Å². The number of hydrogen-bond donors (Lipinski definition) is 2. The number of aromatic carboxylic acids is 1. The second-order valence-corrected chi connectivity index (χ2v) is 4.06. The van der Waals surface area contributed by atoms with Crippen molar-refractivity contribution in [3.8, 4) is 0 Å². The van der Waals surface area contributed by atoms with E-state index in [0.29, 0.717) is 24.5 Å². The maximum absolute atomic E-state index is 11.2. The Bertz CT molecular complexity index is 467. The molecule has 0 aliphatic carbocycles. The van der Waals surface area contributed by atoms with E-state index in [1.165, 1.54) is 4.68 Å². The molecule has 7 nitrogen and oxygen atoms in total. The second-order valence-electron chi connectivity index (χ2n) is 4.06. The highest BCUT2D eigenvalue weighted by molar-refractivity contribution is 5.94. The van der Waals surface area contributed by atoms with Crippen LogP contribution in [0.5, 0.6) is 0 Å². The normalized spacial score (nSPS) is 10.2. The third-order valence-corrected chi connectivity index (χ3v) is 2.72. The van der Waals surface area contributed by atoms with Crippen molar-refractivity contribution in [3.05, 3.63) is 11.3 Å². The highest BCUT2D eigenvalue weighted by Gasteiger charge is 2.22. The SMILES string of the molecule is CNC(=O)CCN(C)c1c(C(=O)O)c(C)nn1C. The number of amides is 1. The summed E-state index contributed by atoms with van der Waals surface area (Å²) in [5, 5.41) is 15.8. The van der Waals surface area contributed by atoms with E-state index in [1.807, 2.05) is 0 Å². The standard InChI is InChI=1S/C11H18N4O3/c1-7-9(11(17)18)10(15(4)13-7)14(3)6-5-8(16)12-2/h5-6H2,1-4H3,(H,12,16)(H,17,18). The van der Waals surface area contributed by atoms with Gasteiger partial charge < -0.3 is 15.3 Å². The summed E-state index contributed by atoms with van der Waals surface area (Å²) in [4.78, 5) is 24.1. The zero-order valence-electron chi connectivity index (χ0n) is 11.0. The van der Waals surface area contributed by atoms with E-state index in [-0.39, 0.29) is 11.5 Å². The van der Waals surface area contributed by atoms with Crippen LogP contribution in [0.2, 0.25) is 0 Å². The number of rotatable bonds is 5. The lowest BCUT2D eigenvalue weighted by molar-refractivity contribution is -0.120. The molecule has 0 saturated carbocycles. The van der Waals surface area contributed by atoms with Crippen LogP contribution in [-0.2, 0) is 11.8 Å². The smallest absolute Gasteiger partial charge is 0.341 e. The predicted octanol–water partition coefficient (Wildman–Crippen LogP) is -0.000980. The number of carboxylic acid groups (broad SMARTS) is 1. The molecule has 0 saturated heterocycles. The van der Waals surface area contributed by atoms with Crippen molar-refractivity contribution >= 4 is 17.7 Å². The van der Waals surface area contributed by atoms with Gasteiger partial charge in [-0.05, 0) is 6.92 Å². The van der Waals surface area contributed by atoms with Gasteiger partial charge in [0.2, 0.25) is 5.91 Å². The van der Waals surface area contributed by atoms with Gasteiger partial charge in [0.1, 0.15) is 11.4 Å². The van der Waals surface area contributed by atoms with Crippen LogP contribution in [0.4, 0.5) is 5.82 Å². The van der Waals surface area contributed by atoms with E-state index in [2.05, 4.69) is 10.4 Å². The molecule has 100 valence electrons. The van der Waals surface area contributed by atoms with Gasteiger partial charge >= 0.3 is 5.97 Å². The molecule has 0 unspecified atom stereocenters. The Kier molecular flexibility index (Phi) is 4.30. The summed E-state index contributed by atoms with van der Waals surface area (Å²) in [6, 6.07) is 0. The fourth-order valence-corrected chi connectivity index (χ4v) is 1.83. The van der Waals surface area contributed by atoms with Gasteiger partial charge in [-0.3, -0.25) is 9.48 Å².